The normalized spacial score (nSPS) is 12.8. The first-order valence-electron chi connectivity index (χ1n) is 19.8. The average Bonchev–Trinajstić information content (AvgIpc) is 3.77. The molecule has 1 aliphatic rings. The van der Waals surface area contributed by atoms with Crippen molar-refractivity contribution in [1.82, 2.24) is 15.0 Å². The second-order valence-electron chi connectivity index (χ2n) is 15.6. The van der Waals surface area contributed by atoms with Gasteiger partial charge in [-0.3, -0.25) is 0 Å². The van der Waals surface area contributed by atoms with Gasteiger partial charge in [-0.05, 0) is 86.0 Å². The van der Waals surface area contributed by atoms with E-state index in [0.717, 1.165) is 27.8 Å². The molecule has 3 nitrogen and oxygen atoms in total. The van der Waals surface area contributed by atoms with Gasteiger partial charge in [-0.2, -0.15) is 0 Å². The smallest absolute Gasteiger partial charge is 0.164 e. The highest BCUT2D eigenvalue weighted by Gasteiger charge is 2.36. The average molecular weight is 760 g/mol. The summed E-state index contributed by atoms with van der Waals surface area (Å²) in [5.41, 5.74) is 15.4. The number of aromatic nitrogens is 3. The zero-order valence-electron chi connectivity index (χ0n) is 32.1. The summed E-state index contributed by atoms with van der Waals surface area (Å²) in [5.74, 6) is 1.97. The van der Waals surface area contributed by atoms with Crippen molar-refractivity contribution in [2.75, 3.05) is 0 Å². The van der Waals surface area contributed by atoms with Crippen LogP contribution in [0.2, 0.25) is 0 Å². The van der Waals surface area contributed by atoms with Crippen LogP contribution < -0.4 is 0 Å². The summed E-state index contributed by atoms with van der Waals surface area (Å²) in [6.07, 6.45) is 0. The lowest BCUT2D eigenvalue weighted by atomic mass is 9.80. The van der Waals surface area contributed by atoms with Crippen molar-refractivity contribution in [3.63, 3.8) is 0 Å². The van der Waals surface area contributed by atoms with Crippen molar-refractivity contribution < 1.29 is 0 Å². The second kappa shape index (κ2) is 13.6. The fourth-order valence-corrected chi connectivity index (χ4v) is 9.80. The molecule has 0 N–H and O–H groups in total. The van der Waals surface area contributed by atoms with E-state index >= 15 is 0 Å². The van der Waals surface area contributed by atoms with Crippen molar-refractivity contribution in [3.8, 4) is 78.7 Å². The largest absolute Gasteiger partial charge is 0.208 e. The summed E-state index contributed by atoms with van der Waals surface area (Å²) in [5, 5.41) is 2.63. The highest BCUT2D eigenvalue weighted by atomic mass is 32.1. The fraction of sp³-hybridized carbons (Fsp3) is 0.0556. The Bertz CT molecular complexity index is 3110. The third-order valence-corrected chi connectivity index (χ3v) is 12.9. The van der Waals surface area contributed by atoms with Crippen LogP contribution in [0, 0.1) is 0 Å². The van der Waals surface area contributed by atoms with E-state index in [4.69, 9.17) is 15.0 Å². The first-order chi connectivity index (χ1) is 28.5. The number of rotatable bonds is 6. The van der Waals surface area contributed by atoms with Crippen LogP contribution in [0.1, 0.15) is 25.0 Å². The maximum absolute atomic E-state index is 4.94. The Morgan fingerprint density at radius 1 is 0.328 bits per heavy atom. The Kier molecular flexibility index (Phi) is 8.02. The number of hydrogen-bond donors (Lipinski definition) is 0. The van der Waals surface area contributed by atoms with E-state index in [1.807, 2.05) is 72.0 Å². The standard InChI is InChI=1S/C54H37N3S/c1-54(2)47-19-11-9-17-41(47)45-32-43(40-29-30-50-46(31-40)42-18-10-12-20-49(42)58-50)44(33-48(45)54)36-25-21-34(22-26-36)35-23-27-39(28-24-35)53-56-51(37-13-5-3-6-14-37)55-52(57-53)38-15-7-4-8-16-38/h3-33H,1-2H3. The van der Waals surface area contributed by atoms with Gasteiger partial charge in [0.2, 0.25) is 0 Å². The molecule has 0 amide bonds. The molecule has 1 aliphatic carbocycles. The lowest BCUT2D eigenvalue weighted by Crippen LogP contribution is -2.15. The molecule has 0 spiro atoms. The van der Waals surface area contributed by atoms with Gasteiger partial charge < -0.3 is 0 Å². The maximum atomic E-state index is 4.94. The first-order valence-corrected chi connectivity index (χ1v) is 20.6. The van der Waals surface area contributed by atoms with Gasteiger partial charge in [-0.15, -0.1) is 11.3 Å². The zero-order valence-corrected chi connectivity index (χ0v) is 33.0. The van der Waals surface area contributed by atoms with Gasteiger partial charge in [-0.25, -0.2) is 15.0 Å². The zero-order chi connectivity index (χ0) is 38.8. The van der Waals surface area contributed by atoms with Crippen LogP contribution in [-0.4, -0.2) is 15.0 Å². The van der Waals surface area contributed by atoms with E-state index in [9.17, 15) is 0 Å². The van der Waals surface area contributed by atoms with E-state index < -0.39 is 0 Å². The van der Waals surface area contributed by atoms with Gasteiger partial charge >= 0.3 is 0 Å². The molecule has 0 atom stereocenters. The predicted octanol–water partition coefficient (Wildman–Crippen LogP) is 14.5. The fourth-order valence-electron chi connectivity index (χ4n) is 8.71. The summed E-state index contributed by atoms with van der Waals surface area (Å²) >= 11 is 1.87. The Morgan fingerprint density at radius 3 is 1.47 bits per heavy atom. The molecular formula is C54H37N3S. The Hall–Kier alpha value is -7.01. The third kappa shape index (κ3) is 5.76. The molecule has 4 heteroatoms. The minimum Gasteiger partial charge on any atom is -0.208 e. The van der Waals surface area contributed by atoms with Crippen LogP contribution in [0.15, 0.2) is 188 Å². The molecule has 10 aromatic rings. The number of fused-ring (bicyclic) bond motifs is 6. The van der Waals surface area contributed by atoms with E-state index in [-0.39, 0.29) is 5.41 Å². The topological polar surface area (TPSA) is 38.7 Å². The number of hydrogen-bond acceptors (Lipinski definition) is 4. The molecule has 11 rings (SSSR count). The molecule has 0 bridgehead atoms. The minimum absolute atomic E-state index is 0.101. The highest BCUT2D eigenvalue weighted by molar-refractivity contribution is 7.25. The summed E-state index contributed by atoms with van der Waals surface area (Å²) < 4.78 is 2.64. The second-order valence-corrected chi connectivity index (χ2v) is 16.7. The molecule has 2 aromatic heterocycles. The number of thiophene rings is 1. The summed E-state index contributed by atoms with van der Waals surface area (Å²) in [6, 6.07) is 67.4. The molecule has 0 saturated heterocycles. The molecule has 8 aromatic carbocycles. The lowest BCUT2D eigenvalue weighted by Gasteiger charge is -2.23. The van der Waals surface area contributed by atoms with Crippen molar-refractivity contribution in [2.24, 2.45) is 0 Å². The third-order valence-electron chi connectivity index (χ3n) is 11.8. The van der Waals surface area contributed by atoms with Crippen LogP contribution in [0.5, 0.6) is 0 Å². The van der Waals surface area contributed by atoms with Crippen molar-refractivity contribution in [3.05, 3.63) is 199 Å². The van der Waals surface area contributed by atoms with E-state index in [1.54, 1.807) is 0 Å². The van der Waals surface area contributed by atoms with Crippen LogP contribution in [0.3, 0.4) is 0 Å². The summed E-state index contributed by atoms with van der Waals surface area (Å²) in [7, 11) is 0. The van der Waals surface area contributed by atoms with Gasteiger partial charge in [0, 0.05) is 42.3 Å². The van der Waals surface area contributed by atoms with Gasteiger partial charge in [-0.1, -0.05) is 172 Å². The molecule has 0 aliphatic heterocycles. The SMILES string of the molecule is CC1(C)c2ccccc2-c2cc(-c3ccc4sc5ccccc5c4c3)c(-c3ccc(-c4ccc(-c5nc(-c6ccccc6)nc(-c6ccccc6)n5)cc4)cc3)cc21. The van der Waals surface area contributed by atoms with Gasteiger partial charge in [0.25, 0.3) is 0 Å². The van der Waals surface area contributed by atoms with Crippen LogP contribution in [-0.2, 0) is 5.41 Å². The molecule has 0 fully saturated rings. The predicted molar refractivity (Wildman–Crippen MR) is 243 cm³/mol. The Balaban J connectivity index is 0.981. The van der Waals surface area contributed by atoms with Crippen molar-refractivity contribution in [2.45, 2.75) is 19.3 Å². The summed E-state index contributed by atoms with van der Waals surface area (Å²) in [4.78, 5) is 14.7. The van der Waals surface area contributed by atoms with E-state index in [1.165, 1.54) is 64.7 Å². The molecular weight excluding hydrogens is 723 g/mol. The van der Waals surface area contributed by atoms with Crippen molar-refractivity contribution >= 4 is 31.5 Å². The monoisotopic (exact) mass is 759 g/mol. The lowest BCUT2D eigenvalue weighted by molar-refractivity contribution is 0.660. The number of nitrogens with zero attached hydrogens (tertiary/aromatic N) is 3. The van der Waals surface area contributed by atoms with Crippen LogP contribution in [0.25, 0.3) is 98.8 Å². The van der Waals surface area contributed by atoms with Crippen LogP contribution in [0.4, 0.5) is 0 Å². The van der Waals surface area contributed by atoms with Crippen LogP contribution >= 0.6 is 11.3 Å². The molecule has 274 valence electrons. The Morgan fingerprint density at radius 2 is 0.810 bits per heavy atom. The van der Waals surface area contributed by atoms with E-state index in [0.29, 0.717) is 17.5 Å². The van der Waals surface area contributed by atoms with E-state index in [2.05, 4.69) is 141 Å². The molecule has 58 heavy (non-hydrogen) atoms. The van der Waals surface area contributed by atoms with Gasteiger partial charge in [0.05, 0.1) is 0 Å². The molecule has 0 radical (unpaired) electrons. The molecule has 2 heterocycles. The first kappa shape index (κ1) is 34.3. The van der Waals surface area contributed by atoms with Gasteiger partial charge in [0.1, 0.15) is 0 Å². The molecule has 0 saturated carbocycles. The maximum Gasteiger partial charge on any atom is 0.164 e. The van der Waals surface area contributed by atoms with Crippen molar-refractivity contribution in [1.29, 1.82) is 0 Å². The molecule has 0 unspecified atom stereocenters. The van der Waals surface area contributed by atoms with Gasteiger partial charge in [0.15, 0.2) is 17.5 Å². The Labute approximate surface area is 342 Å². The quantitative estimate of drug-likeness (QED) is 0.169. The summed E-state index contributed by atoms with van der Waals surface area (Å²) in [6.45, 7) is 4.72. The number of benzene rings is 8. The minimum atomic E-state index is -0.101. The highest BCUT2D eigenvalue weighted by Crippen LogP contribution is 2.52.